The molecule has 0 aliphatic rings. The third kappa shape index (κ3) is 14.9. The van der Waals surface area contributed by atoms with Crippen LogP contribution in [0.2, 0.25) is 0 Å². The minimum Gasteiger partial charge on any atom is -0.411 e. The number of nitrogens with one attached hydrogen (secondary N) is 3. The molecule has 118 valence electrons. The Morgan fingerprint density at radius 1 is 1.05 bits per heavy atom. The molecule has 0 heterocycles. The van der Waals surface area contributed by atoms with Gasteiger partial charge in [0.1, 0.15) is 6.21 Å². The summed E-state index contributed by atoms with van der Waals surface area (Å²) in [7, 11) is 0. The Kier molecular flexibility index (Phi) is 13.5. The van der Waals surface area contributed by atoms with Crippen LogP contribution in [0.5, 0.6) is 0 Å². The maximum atomic E-state index is 10.9. The lowest BCUT2D eigenvalue weighted by Gasteiger charge is -2.07. The maximum absolute atomic E-state index is 10.9. The molecule has 6 heteroatoms. The Labute approximate surface area is 122 Å². The minimum atomic E-state index is -0.363. The van der Waals surface area contributed by atoms with Crippen LogP contribution in [0.1, 0.15) is 39.5 Å². The number of carbonyl (C=O) groups excluding carboxylic acids is 1. The molecule has 0 spiro atoms. The van der Waals surface area contributed by atoms with Gasteiger partial charge in [0.25, 0.3) is 5.91 Å². The van der Waals surface area contributed by atoms with Crippen molar-refractivity contribution in [2.24, 2.45) is 11.1 Å². The SMILES string of the molecule is CC(C)CCCNCCCNCCCNC(=O)/C=N\O. The Morgan fingerprint density at radius 3 is 2.15 bits per heavy atom. The van der Waals surface area contributed by atoms with Crippen molar-refractivity contribution < 1.29 is 10.0 Å². The van der Waals surface area contributed by atoms with Crippen LogP contribution in [-0.2, 0) is 4.79 Å². The average molecular weight is 286 g/mol. The second-order valence-corrected chi connectivity index (χ2v) is 5.28. The Morgan fingerprint density at radius 2 is 1.60 bits per heavy atom. The Hall–Kier alpha value is -1.14. The third-order valence-corrected chi connectivity index (χ3v) is 2.85. The molecule has 0 aliphatic carbocycles. The van der Waals surface area contributed by atoms with Gasteiger partial charge in [0.05, 0.1) is 0 Å². The van der Waals surface area contributed by atoms with Crippen LogP contribution in [0.3, 0.4) is 0 Å². The van der Waals surface area contributed by atoms with Crippen molar-refractivity contribution in [2.45, 2.75) is 39.5 Å². The highest BCUT2D eigenvalue weighted by Crippen LogP contribution is 2.01. The quantitative estimate of drug-likeness (QED) is 0.176. The predicted octanol–water partition coefficient (Wildman–Crippen LogP) is 0.958. The zero-order chi connectivity index (χ0) is 15.1. The van der Waals surface area contributed by atoms with E-state index in [9.17, 15) is 4.79 Å². The van der Waals surface area contributed by atoms with Crippen LogP contribution in [0.4, 0.5) is 0 Å². The first-order valence-corrected chi connectivity index (χ1v) is 7.53. The van der Waals surface area contributed by atoms with Crippen molar-refractivity contribution in [1.82, 2.24) is 16.0 Å². The van der Waals surface area contributed by atoms with Gasteiger partial charge in [0, 0.05) is 6.54 Å². The van der Waals surface area contributed by atoms with Gasteiger partial charge < -0.3 is 21.2 Å². The molecule has 0 unspecified atom stereocenters. The van der Waals surface area contributed by atoms with Crippen molar-refractivity contribution in [3.63, 3.8) is 0 Å². The first-order chi connectivity index (χ1) is 9.66. The van der Waals surface area contributed by atoms with E-state index >= 15 is 0 Å². The normalized spacial score (nSPS) is 11.3. The summed E-state index contributed by atoms with van der Waals surface area (Å²) in [5.74, 6) is 0.431. The van der Waals surface area contributed by atoms with Gasteiger partial charge in [-0.2, -0.15) is 0 Å². The van der Waals surface area contributed by atoms with E-state index in [1.54, 1.807) is 0 Å². The summed E-state index contributed by atoms with van der Waals surface area (Å²) in [4.78, 5) is 10.9. The highest BCUT2D eigenvalue weighted by atomic mass is 16.4. The summed E-state index contributed by atoms with van der Waals surface area (Å²) in [5, 5.41) is 20.2. The molecule has 4 N–H and O–H groups in total. The molecule has 0 atom stereocenters. The van der Waals surface area contributed by atoms with Gasteiger partial charge in [-0.05, 0) is 57.8 Å². The highest BCUT2D eigenvalue weighted by Gasteiger charge is 1.95. The lowest BCUT2D eigenvalue weighted by molar-refractivity contribution is -0.114. The summed E-state index contributed by atoms with van der Waals surface area (Å²) in [6, 6.07) is 0. The van der Waals surface area contributed by atoms with Gasteiger partial charge >= 0.3 is 0 Å². The summed E-state index contributed by atoms with van der Waals surface area (Å²) in [6.45, 7) is 9.12. The van der Waals surface area contributed by atoms with Crippen LogP contribution < -0.4 is 16.0 Å². The molecule has 0 radical (unpaired) electrons. The molecular formula is C14H30N4O2. The van der Waals surface area contributed by atoms with Gasteiger partial charge in [0.15, 0.2) is 0 Å². The van der Waals surface area contributed by atoms with Crippen LogP contribution in [-0.4, -0.2) is 50.1 Å². The van der Waals surface area contributed by atoms with Gasteiger partial charge in [-0.15, -0.1) is 0 Å². The highest BCUT2D eigenvalue weighted by molar-refractivity contribution is 6.25. The average Bonchev–Trinajstić information content (AvgIpc) is 2.40. The topological polar surface area (TPSA) is 85.8 Å². The summed E-state index contributed by atoms with van der Waals surface area (Å²) >= 11 is 0. The smallest absolute Gasteiger partial charge is 0.265 e. The lowest BCUT2D eigenvalue weighted by Crippen LogP contribution is -2.29. The second kappa shape index (κ2) is 14.3. The molecular weight excluding hydrogens is 256 g/mol. The van der Waals surface area contributed by atoms with Crippen LogP contribution in [0, 0.1) is 5.92 Å². The van der Waals surface area contributed by atoms with Crippen LogP contribution >= 0.6 is 0 Å². The lowest BCUT2D eigenvalue weighted by atomic mass is 10.1. The first kappa shape index (κ1) is 18.9. The van der Waals surface area contributed by atoms with E-state index in [4.69, 9.17) is 5.21 Å². The fourth-order valence-electron chi connectivity index (χ4n) is 1.75. The van der Waals surface area contributed by atoms with Gasteiger partial charge in [-0.1, -0.05) is 19.0 Å². The number of nitrogens with zero attached hydrogens (tertiary/aromatic N) is 1. The van der Waals surface area contributed by atoms with Crippen molar-refractivity contribution in [3.05, 3.63) is 0 Å². The molecule has 0 aromatic rings. The van der Waals surface area contributed by atoms with Crippen LogP contribution in [0.15, 0.2) is 5.16 Å². The molecule has 1 amide bonds. The summed E-state index contributed by atoms with van der Waals surface area (Å²) < 4.78 is 0. The monoisotopic (exact) mass is 286 g/mol. The molecule has 0 aliphatic heterocycles. The van der Waals surface area contributed by atoms with E-state index < -0.39 is 0 Å². The largest absolute Gasteiger partial charge is 0.411 e. The van der Waals surface area contributed by atoms with Crippen molar-refractivity contribution in [3.8, 4) is 0 Å². The van der Waals surface area contributed by atoms with Crippen molar-refractivity contribution in [2.75, 3.05) is 32.7 Å². The minimum absolute atomic E-state index is 0.363. The predicted molar refractivity (Wildman–Crippen MR) is 82.3 cm³/mol. The molecule has 0 fully saturated rings. The number of amides is 1. The zero-order valence-corrected chi connectivity index (χ0v) is 12.8. The summed E-state index contributed by atoms with van der Waals surface area (Å²) in [6.07, 6.45) is 5.39. The van der Waals surface area contributed by atoms with Crippen molar-refractivity contribution in [1.29, 1.82) is 0 Å². The zero-order valence-electron chi connectivity index (χ0n) is 12.8. The van der Waals surface area contributed by atoms with E-state index in [1.165, 1.54) is 12.8 Å². The second-order valence-electron chi connectivity index (χ2n) is 5.28. The van der Waals surface area contributed by atoms with Crippen molar-refractivity contribution >= 4 is 12.1 Å². The van der Waals surface area contributed by atoms with E-state index in [2.05, 4.69) is 35.0 Å². The first-order valence-electron chi connectivity index (χ1n) is 7.53. The molecule has 0 saturated carbocycles. The number of rotatable bonds is 13. The van der Waals surface area contributed by atoms with E-state index in [1.807, 2.05) is 0 Å². The van der Waals surface area contributed by atoms with E-state index in [0.29, 0.717) is 6.54 Å². The van der Waals surface area contributed by atoms with Gasteiger partial charge in [0.2, 0.25) is 0 Å². The van der Waals surface area contributed by atoms with Crippen LogP contribution in [0.25, 0.3) is 0 Å². The fourth-order valence-corrected chi connectivity index (χ4v) is 1.75. The Balaban J connectivity index is 3.08. The number of hydrogen-bond acceptors (Lipinski definition) is 5. The Bertz CT molecular complexity index is 258. The van der Waals surface area contributed by atoms with Gasteiger partial charge in [-0.3, -0.25) is 4.79 Å². The van der Waals surface area contributed by atoms with E-state index in [0.717, 1.165) is 51.2 Å². The number of hydrogen-bond donors (Lipinski definition) is 4. The molecule has 0 saturated heterocycles. The molecule has 6 nitrogen and oxygen atoms in total. The molecule has 0 aromatic heterocycles. The maximum Gasteiger partial charge on any atom is 0.265 e. The molecule has 0 rings (SSSR count). The van der Waals surface area contributed by atoms with E-state index in [-0.39, 0.29) is 5.91 Å². The third-order valence-electron chi connectivity index (χ3n) is 2.85. The molecule has 0 bridgehead atoms. The molecule has 20 heavy (non-hydrogen) atoms. The number of oxime groups is 1. The molecule has 0 aromatic carbocycles. The summed E-state index contributed by atoms with van der Waals surface area (Å²) in [5.41, 5.74) is 0. The number of carbonyl (C=O) groups is 1. The fraction of sp³-hybridized carbons (Fsp3) is 0.857. The standard InChI is InChI=1S/C14H30N4O2/c1-13(2)6-3-7-15-8-4-9-16-10-5-11-17-14(19)12-18-20/h12-13,15-16,20H,3-11H2,1-2H3,(H,17,19)/b18-12-. The van der Waals surface area contributed by atoms with Gasteiger partial charge in [-0.25, -0.2) is 0 Å².